The Bertz CT molecular complexity index is 431. The fraction of sp³-hybridized carbons (Fsp3) is 0.300. The summed E-state index contributed by atoms with van der Waals surface area (Å²) in [5, 5.41) is 0. The van der Waals surface area contributed by atoms with Crippen molar-refractivity contribution in [2.24, 2.45) is 5.92 Å². The summed E-state index contributed by atoms with van der Waals surface area (Å²) in [4.78, 5) is 0. The van der Waals surface area contributed by atoms with Crippen LogP contribution in [0.1, 0.15) is 12.0 Å². The maximum absolute atomic E-state index is 4.32. The maximum Gasteiger partial charge on any atom is 0.107 e. The largest absolute Gasteiger partial charge is 0.173 e. The van der Waals surface area contributed by atoms with Gasteiger partial charge in [-0.25, -0.2) is 0 Å². The van der Waals surface area contributed by atoms with Crippen molar-refractivity contribution in [1.29, 1.82) is 0 Å². The summed E-state index contributed by atoms with van der Waals surface area (Å²) >= 11 is 1.30. The number of hydrogen-bond donors (Lipinski definition) is 0. The van der Waals surface area contributed by atoms with Crippen molar-refractivity contribution in [1.82, 2.24) is 8.75 Å². The molecule has 1 saturated carbocycles. The summed E-state index contributed by atoms with van der Waals surface area (Å²) in [6.07, 6.45) is 4.76. The van der Waals surface area contributed by atoms with E-state index in [1.807, 2.05) is 6.07 Å². The third-order valence-corrected chi connectivity index (χ3v) is 2.96. The Kier molecular flexibility index (Phi) is 1.59. The van der Waals surface area contributed by atoms with Crippen molar-refractivity contribution in [2.45, 2.75) is 12.8 Å². The van der Waals surface area contributed by atoms with Gasteiger partial charge in [-0.05, 0) is 36.8 Å². The fourth-order valence-electron chi connectivity index (χ4n) is 1.57. The first-order valence-electron chi connectivity index (χ1n) is 4.47. The van der Waals surface area contributed by atoms with Gasteiger partial charge in [-0.15, -0.1) is 0 Å². The van der Waals surface area contributed by atoms with Crippen LogP contribution in [0.3, 0.4) is 0 Å². The summed E-state index contributed by atoms with van der Waals surface area (Å²) in [6.45, 7) is 0. The Morgan fingerprint density at radius 3 is 3.15 bits per heavy atom. The number of benzene rings is 1. The van der Waals surface area contributed by atoms with Gasteiger partial charge < -0.3 is 0 Å². The van der Waals surface area contributed by atoms with E-state index >= 15 is 0 Å². The van der Waals surface area contributed by atoms with Crippen molar-refractivity contribution in [2.75, 3.05) is 0 Å². The molecule has 3 heteroatoms. The molecule has 0 saturated heterocycles. The Hall–Kier alpha value is -0.960. The van der Waals surface area contributed by atoms with Crippen molar-refractivity contribution in [3.8, 4) is 0 Å². The van der Waals surface area contributed by atoms with Gasteiger partial charge in [0.2, 0.25) is 0 Å². The van der Waals surface area contributed by atoms with Crippen LogP contribution in [0.25, 0.3) is 11.0 Å². The van der Waals surface area contributed by atoms with E-state index in [1.54, 1.807) is 0 Å². The number of rotatable bonds is 2. The van der Waals surface area contributed by atoms with E-state index in [4.69, 9.17) is 0 Å². The standard InChI is InChI=1S/C10H9N2S/c1-2-8(6-7-4-5-7)10-9(3-1)11-13-12-10/h1-4,7H,5-6H2. The first-order chi connectivity index (χ1) is 6.43. The molecule has 0 spiro atoms. The molecule has 1 fully saturated rings. The van der Waals surface area contributed by atoms with Crippen LogP contribution in [-0.2, 0) is 6.42 Å². The number of nitrogens with zero attached hydrogens (tertiary/aromatic N) is 2. The molecule has 1 aromatic heterocycles. The van der Waals surface area contributed by atoms with Crippen LogP contribution in [0, 0.1) is 12.3 Å². The van der Waals surface area contributed by atoms with Gasteiger partial charge in [-0.2, -0.15) is 8.75 Å². The van der Waals surface area contributed by atoms with Crippen LogP contribution < -0.4 is 0 Å². The van der Waals surface area contributed by atoms with Gasteiger partial charge in [0.25, 0.3) is 0 Å². The minimum atomic E-state index is 0.798. The second-order valence-corrected chi connectivity index (χ2v) is 4.01. The molecule has 1 aromatic carbocycles. The predicted molar refractivity (Wildman–Crippen MR) is 53.5 cm³/mol. The SMILES string of the molecule is [CH]1CC1Cc1cccc2nsnc12. The fourth-order valence-corrected chi connectivity index (χ4v) is 2.14. The highest BCUT2D eigenvalue weighted by atomic mass is 32.1. The molecule has 2 aromatic rings. The van der Waals surface area contributed by atoms with E-state index in [1.165, 1.54) is 23.7 Å². The van der Waals surface area contributed by atoms with E-state index in [9.17, 15) is 0 Å². The molecule has 65 valence electrons. The van der Waals surface area contributed by atoms with Gasteiger partial charge in [-0.1, -0.05) is 12.1 Å². The van der Waals surface area contributed by atoms with E-state index in [0.29, 0.717) is 0 Å². The Labute approximate surface area is 80.9 Å². The first kappa shape index (κ1) is 7.44. The highest BCUT2D eigenvalue weighted by Gasteiger charge is 2.23. The molecule has 0 N–H and O–H groups in total. The average Bonchev–Trinajstić information content (AvgIpc) is 2.83. The van der Waals surface area contributed by atoms with E-state index in [0.717, 1.165) is 23.4 Å². The van der Waals surface area contributed by atoms with Crippen LogP contribution in [0.15, 0.2) is 18.2 Å². The van der Waals surface area contributed by atoms with Gasteiger partial charge in [0.1, 0.15) is 11.0 Å². The van der Waals surface area contributed by atoms with Crippen LogP contribution in [0.2, 0.25) is 0 Å². The molecule has 0 bridgehead atoms. The monoisotopic (exact) mass is 189 g/mol. The lowest BCUT2D eigenvalue weighted by Gasteiger charge is -1.98. The molecule has 1 radical (unpaired) electrons. The third-order valence-electron chi connectivity index (χ3n) is 2.42. The van der Waals surface area contributed by atoms with Crippen LogP contribution >= 0.6 is 11.7 Å². The average molecular weight is 189 g/mol. The lowest BCUT2D eigenvalue weighted by molar-refractivity contribution is 0.865. The molecule has 1 aliphatic rings. The molecule has 0 aliphatic heterocycles. The topological polar surface area (TPSA) is 25.8 Å². The highest BCUT2D eigenvalue weighted by molar-refractivity contribution is 7.00. The molecule has 1 heterocycles. The lowest BCUT2D eigenvalue weighted by Crippen LogP contribution is -1.88. The zero-order chi connectivity index (χ0) is 8.67. The minimum Gasteiger partial charge on any atom is -0.173 e. The minimum absolute atomic E-state index is 0.798. The normalized spacial score (nSPS) is 16.6. The molecule has 13 heavy (non-hydrogen) atoms. The second-order valence-electron chi connectivity index (χ2n) is 3.48. The molecule has 1 unspecified atom stereocenters. The van der Waals surface area contributed by atoms with Crippen LogP contribution in [0.5, 0.6) is 0 Å². The van der Waals surface area contributed by atoms with E-state index in [2.05, 4.69) is 27.3 Å². The molecular weight excluding hydrogens is 180 g/mol. The predicted octanol–water partition coefficient (Wildman–Crippen LogP) is 2.46. The van der Waals surface area contributed by atoms with Gasteiger partial charge in [0.05, 0.1) is 11.7 Å². The number of aromatic nitrogens is 2. The lowest BCUT2D eigenvalue weighted by atomic mass is 10.1. The summed E-state index contributed by atoms with van der Waals surface area (Å²) in [7, 11) is 0. The Morgan fingerprint density at radius 1 is 1.38 bits per heavy atom. The molecule has 0 amide bonds. The Balaban J connectivity index is 2.09. The molecule has 3 rings (SSSR count). The van der Waals surface area contributed by atoms with Crippen molar-refractivity contribution in [3.63, 3.8) is 0 Å². The number of fused-ring (bicyclic) bond motifs is 1. The first-order valence-corrected chi connectivity index (χ1v) is 5.20. The molecule has 2 nitrogen and oxygen atoms in total. The number of hydrogen-bond acceptors (Lipinski definition) is 3. The van der Waals surface area contributed by atoms with Crippen molar-refractivity contribution >= 4 is 22.8 Å². The van der Waals surface area contributed by atoms with Gasteiger partial charge in [0, 0.05) is 0 Å². The van der Waals surface area contributed by atoms with Crippen LogP contribution in [-0.4, -0.2) is 8.75 Å². The van der Waals surface area contributed by atoms with E-state index < -0.39 is 0 Å². The smallest absolute Gasteiger partial charge is 0.107 e. The van der Waals surface area contributed by atoms with Gasteiger partial charge in [-0.3, -0.25) is 0 Å². The summed E-state index contributed by atoms with van der Waals surface area (Å²) < 4.78 is 8.54. The van der Waals surface area contributed by atoms with Crippen molar-refractivity contribution in [3.05, 3.63) is 30.2 Å². The maximum atomic E-state index is 4.32. The van der Waals surface area contributed by atoms with E-state index in [-0.39, 0.29) is 0 Å². The van der Waals surface area contributed by atoms with Crippen LogP contribution in [0.4, 0.5) is 0 Å². The third kappa shape index (κ3) is 1.33. The van der Waals surface area contributed by atoms with Gasteiger partial charge in [0.15, 0.2) is 0 Å². The Morgan fingerprint density at radius 2 is 2.31 bits per heavy atom. The summed E-state index contributed by atoms with van der Waals surface area (Å²) in [5.41, 5.74) is 3.50. The summed E-state index contributed by atoms with van der Waals surface area (Å²) in [6, 6.07) is 6.26. The highest BCUT2D eigenvalue weighted by Crippen LogP contribution is 2.32. The molecule has 1 atom stereocenters. The second kappa shape index (κ2) is 2.77. The molecular formula is C10H9N2S. The van der Waals surface area contributed by atoms with Gasteiger partial charge >= 0.3 is 0 Å². The quantitative estimate of drug-likeness (QED) is 0.725. The van der Waals surface area contributed by atoms with Crippen molar-refractivity contribution < 1.29 is 0 Å². The summed E-state index contributed by atoms with van der Waals surface area (Å²) in [5.74, 6) is 0.798. The zero-order valence-electron chi connectivity index (χ0n) is 7.10. The zero-order valence-corrected chi connectivity index (χ0v) is 7.92. The molecule has 1 aliphatic carbocycles.